The van der Waals surface area contributed by atoms with Crippen LogP contribution in [0.4, 0.5) is 0 Å². The van der Waals surface area contributed by atoms with Gasteiger partial charge in [0.1, 0.15) is 0 Å². The van der Waals surface area contributed by atoms with Gasteiger partial charge in [-0.15, -0.1) is 0 Å². The highest BCUT2D eigenvalue weighted by atomic mass is 16.5. The minimum Gasteiger partial charge on any atom is -0.367 e. The van der Waals surface area contributed by atoms with Crippen LogP contribution in [0.2, 0.25) is 0 Å². The molecule has 1 N–H and O–H groups in total. The molecule has 0 saturated carbocycles. The first-order chi connectivity index (χ1) is 8.15. The monoisotopic (exact) mass is 256 g/mol. The summed E-state index contributed by atoms with van der Waals surface area (Å²) in [5.74, 6) is 0.666. The van der Waals surface area contributed by atoms with Crippen molar-refractivity contribution >= 4 is 0 Å². The third-order valence-corrected chi connectivity index (χ3v) is 3.49. The highest BCUT2D eigenvalue weighted by molar-refractivity contribution is 4.90. The van der Waals surface area contributed by atoms with Crippen molar-refractivity contribution in [3.8, 4) is 0 Å². The van der Waals surface area contributed by atoms with E-state index in [0.717, 1.165) is 26.2 Å². The summed E-state index contributed by atoms with van der Waals surface area (Å²) in [5, 5.41) is 3.60. The minimum absolute atomic E-state index is 0.0461. The zero-order chi connectivity index (χ0) is 14.0. The van der Waals surface area contributed by atoms with Gasteiger partial charge in [-0.2, -0.15) is 0 Å². The van der Waals surface area contributed by atoms with Crippen molar-refractivity contribution in [1.29, 1.82) is 0 Å². The van der Waals surface area contributed by atoms with E-state index >= 15 is 0 Å². The van der Waals surface area contributed by atoms with Gasteiger partial charge >= 0.3 is 0 Å². The van der Waals surface area contributed by atoms with Gasteiger partial charge in [0.2, 0.25) is 0 Å². The Balaban J connectivity index is 2.65. The Morgan fingerprint density at radius 1 is 1.11 bits per heavy atom. The molecule has 1 rings (SSSR count). The van der Waals surface area contributed by atoms with Gasteiger partial charge in [0.15, 0.2) is 0 Å². The van der Waals surface area contributed by atoms with Crippen molar-refractivity contribution in [3.05, 3.63) is 0 Å². The Labute approximate surface area is 113 Å². The van der Waals surface area contributed by atoms with Crippen molar-refractivity contribution in [2.24, 2.45) is 5.92 Å². The van der Waals surface area contributed by atoms with Gasteiger partial charge in [-0.3, -0.25) is 4.90 Å². The summed E-state index contributed by atoms with van der Waals surface area (Å²) in [6.07, 6.45) is 0. The van der Waals surface area contributed by atoms with Crippen molar-refractivity contribution in [3.63, 3.8) is 0 Å². The van der Waals surface area contributed by atoms with Crippen molar-refractivity contribution in [2.75, 3.05) is 26.2 Å². The van der Waals surface area contributed by atoms with E-state index in [0.29, 0.717) is 12.0 Å². The van der Waals surface area contributed by atoms with E-state index in [1.165, 1.54) is 0 Å². The topological polar surface area (TPSA) is 24.5 Å². The number of hydrogen-bond acceptors (Lipinski definition) is 3. The quantitative estimate of drug-likeness (QED) is 0.818. The van der Waals surface area contributed by atoms with Gasteiger partial charge in [-0.25, -0.2) is 0 Å². The number of nitrogens with zero attached hydrogens (tertiary/aromatic N) is 1. The molecule has 0 amide bonds. The standard InChI is InChI=1S/C15H32N2O/c1-8-16-13(12(2)3)9-17-10-14(4,5)18-15(6,7)11-17/h12-13,16H,8-11H2,1-7H3. The molecule has 3 nitrogen and oxygen atoms in total. The summed E-state index contributed by atoms with van der Waals surface area (Å²) in [7, 11) is 0. The van der Waals surface area contributed by atoms with E-state index in [2.05, 4.69) is 58.7 Å². The summed E-state index contributed by atoms with van der Waals surface area (Å²) in [5.41, 5.74) is -0.0923. The van der Waals surface area contributed by atoms with Crippen LogP contribution in [0.15, 0.2) is 0 Å². The lowest BCUT2D eigenvalue weighted by molar-refractivity contribution is -0.181. The van der Waals surface area contributed by atoms with E-state index in [-0.39, 0.29) is 11.2 Å². The highest BCUT2D eigenvalue weighted by Gasteiger charge is 2.38. The number of ether oxygens (including phenoxy) is 1. The second kappa shape index (κ2) is 5.89. The zero-order valence-corrected chi connectivity index (χ0v) is 13.3. The molecule has 0 aromatic heterocycles. The number of likely N-dealkylation sites (N-methyl/N-ethyl adjacent to an activating group) is 1. The third kappa shape index (κ3) is 4.87. The first kappa shape index (κ1) is 15.9. The van der Waals surface area contributed by atoms with Gasteiger partial charge in [0.05, 0.1) is 11.2 Å². The average molecular weight is 256 g/mol. The van der Waals surface area contributed by atoms with E-state index in [1.807, 2.05) is 0 Å². The molecule has 1 fully saturated rings. The van der Waals surface area contributed by atoms with Crippen LogP contribution < -0.4 is 5.32 Å². The Bertz CT molecular complexity index is 245. The fourth-order valence-corrected chi connectivity index (χ4v) is 3.13. The third-order valence-electron chi connectivity index (χ3n) is 3.49. The maximum absolute atomic E-state index is 6.13. The summed E-state index contributed by atoms with van der Waals surface area (Å²) in [6, 6.07) is 0.569. The van der Waals surface area contributed by atoms with Crippen molar-refractivity contribution < 1.29 is 4.74 Å². The second-order valence-corrected chi connectivity index (χ2v) is 7.20. The first-order valence-electron chi connectivity index (χ1n) is 7.31. The Hall–Kier alpha value is -0.120. The van der Waals surface area contributed by atoms with Crippen LogP contribution >= 0.6 is 0 Å². The van der Waals surface area contributed by atoms with Crippen LogP contribution in [0.3, 0.4) is 0 Å². The molecule has 0 aliphatic carbocycles. The lowest BCUT2D eigenvalue weighted by atomic mass is 9.96. The Morgan fingerprint density at radius 2 is 1.61 bits per heavy atom. The van der Waals surface area contributed by atoms with E-state index in [4.69, 9.17) is 4.74 Å². The maximum Gasteiger partial charge on any atom is 0.0760 e. The van der Waals surface area contributed by atoms with Crippen molar-refractivity contribution in [2.45, 2.75) is 65.7 Å². The van der Waals surface area contributed by atoms with Crippen LogP contribution in [0.1, 0.15) is 48.5 Å². The molecule has 0 aromatic rings. The average Bonchev–Trinajstić information content (AvgIpc) is 2.11. The van der Waals surface area contributed by atoms with Crippen LogP contribution in [0.25, 0.3) is 0 Å². The van der Waals surface area contributed by atoms with Gasteiger partial charge in [0, 0.05) is 25.7 Å². The van der Waals surface area contributed by atoms with Gasteiger partial charge < -0.3 is 10.1 Å². The normalized spacial score (nSPS) is 25.3. The SMILES string of the molecule is CCNC(CN1CC(C)(C)OC(C)(C)C1)C(C)C. The molecule has 0 bridgehead atoms. The largest absolute Gasteiger partial charge is 0.367 e. The fraction of sp³-hybridized carbons (Fsp3) is 1.00. The molecule has 1 atom stereocenters. The summed E-state index contributed by atoms with van der Waals surface area (Å²) >= 11 is 0. The summed E-state index contributed by atoms with van der Waals surface area (Å²) in [6.45, 7) is 19.7. The molecule has 1 saturated heterocycles. The van der Waals surface area contributed by atoms with Crippen molar-refractivity contribution in [1.82, 2.24) is 10.2 Å². The highest BCUT2D eigenvalue weighted by Crippen LogP contribution is 2.28. The molecular weight excluding hydrogens is 224 g/mol. The number of morpholine rings is 1. The summed E-state index contributed by atoms with van der Waals surface area (Å²) in [4.78, 5) is 2.55. The lowest BCUT2D eigenvalue weighted by Crippen LogP contribution is -2.59. The second-order valence-electron chi connectivity index (χ2n) is 7.20. The van der Waals surface area contributed by atoms with Gasteiger partial charge in [-0.1, -0.05) is 20.8 Å². The molecule has 0 spiro atoms. The predicted molar refractivity (Wildman–Crippen MR) is 78.0 cm³/mol. The smallest absolute Gasteiger partial charge is 0.0760 e. The molecule has 1 heterocycles. The number of nitrogens with one attached hydrogen (secondary N) is 1. The number of hydrogen-bond donors (Lipinski definition) is 1. The molecule has 1 aliphatic heterocycles. The van der Waals surface area contributed by atoms with E-state index < -0.39 is 0 Å². The van der Waals surface area contributed by atoms with E-state index in [9.17, 15) is 0 Å². The Kier molecular flexibility index (Phi) is 5.22. The lowest BCUT2D eigenvalue weighted by Gasteiger charge is -2.48. The molecule has 0 aromatic carbocycles. The molecule has 3 heteroatoms. The van der Waals surface area contributed by atoms with Crippen LogP contribution in [-0.4, -0.2) is 48.3 Å². The van der Waals surface area contributed by atoms with E-state index in [1.54, 1.807) is 0 Å². The molecule has 0 radical (unpaired) electrons. The molecule has 108 valence electrons. The van der Waals surface area contributed by atoms with Crippen LogP contribution in [0, 0.1) is 5.92 Å². The first-order valence-corrected chi connectivity index (χ1v) is 7.31. The van der Waals surface area contributed by atoms with Crippen LogP contribution in [-0.2, 0) is 4.74 Å². The molecular formula is C15H32N2O. The predicted octanol–water partition coefficient (Wildman–Crippen LogP) is 2.51. The molecule has 1 unspecified atom stereocenters. The Morgan fingerprint density at radius 3 is 2.00 bits per heavy atom. The zero-order valence-electron chi connectivity index (χ0n) is 13.3. The maximum atomic E-state index is 6.13. The van der Waals surface area contributed by atoms with Gasteiger partial charge in [0.25, 0.3) is 0 Å². The minimum atomic E-state index is -0.0461. The summed E-state index contributed by atoms with van der Waals surface area (Å²) < 4.78 is 6.13. The van der Waals surface area contributed by atoms with Gasteiger partial charge in [-0.05, 0) is 40.2 Å². The molecule has 1 aliphatic rings. The molecule has 18 heavy (non-hydrogen) atoms. The number of rotatable bonds is 5. The van der Waals surface area contributed by atoms with Crippen LogP contribution in [0.5, 0.6) is 0 Å². The fourth-order valence-electron chi connectivity index (χ4n) is 3.13.